The molecule has 1 saturated carbocycles. The molecule has 0 aliphatic heterocycles. The summed E-state index contributed by atoms with van der Waals surface area (Å²) in [5, 5.41) is 19.9. The van der Waals surface area contributed by atoms with Crippen molar-refractivity contribution in [1.29, 1.82) is 0 Å². The third-order valence-corrected chi connectivity index (χ3v) is 5.32. The maximum Gasteiger partial charge on any atom is 0.239 e. The highest BCUT2D eigenvalue weighted by Gasteiger charge is 2.46. The summed E-state index contributed by atoms with van der Waals surface area (Å²) < 4.78 is 0. The van der Waals surface area contributed by atoms with Crippen LogP contribution >= 0.6 is 11.3 Å². The van der Waals surface area contributed by atoms with Crippen LogP contribution in [0.1, 0.15) is 31.5 Å². The average molecular weight is 340 g/mol. The van der Waals surface area contributed by atoms with Crippen LogP contribution in [-0.4, -0.2) is 31.5 Å². The standard InChI is InChI=1S/C16H16N6OS/c23-15(16(8-4-5-9-16)14-19-21-22-20-14)18-12-10-24-13(17-12)11-6-2-1-3-7-11/h1-3,6-7,10H,4-5,8-9H2,(H,18,23)(H,19,20,21,22). The van der Waals surface area contributed by atoms with E-state index in [1.807, 2.05) is 35.7 Å². The van der Waals surface area contributed by atoms with Crippen molar-refractivity contribution in [3.63, 3.8) is 0 Å². The number of rotatable bonds is 4. The molecule has 7 nitrogen and oxygen atoms in total. The van der Waals surface area contributed by atoms with E-state index in [2.05, 4.69) is 30.9 Å². The lowest BCUT2D eigenvalue weighted by Crippen LogP contribution is -2.39. The van der Waals surface area contributed by atoms with Gasteiger partial charge in [-0.1, -0.05) is 48.4 Å². The number of benzene rings is 1. The molecular weight excluding hydrogens is 324 g/mol. The summed E-state index contributed by atoms with van der Waals surface area (Å²) in [7, 11) is 0. The first-order valence-corrected chi connectivity index (χ1v) is 8.72. The molecule has 1 fully saturated rings. The fourth-order valence-corrected chi connectivity index (χ4v) is 3.93. The minimum Gasteiger partial charge on any atom is -0.309 e. The summed E-state index contributed by atoms with van der Waals surface area (Å²) in [4.78, 5) is 17.4. The maximum atomic E-state index is 12.9. The van der Waals surface area contributed by atoms with Gasteiger partial charge in [-0.15, -0.1) is 21.5 Å². The van der Waals surface area contributed by atoms with Gasteiger partial charge in [0.2, 0.25) is 5.91 Å². The number of anilines is 1. The van der Waals surface area contributed by atoms with Crippen molar-refractivity contribution in [2.45, 2.75) is 31.1 Å². The Hall–Kier alpha value is -2.61. The molecule has 0 spiro atoms. The number of aromatic amines is 1. The Bertz CT molecular complexity index is 823. The van der Waals surface area contributed by atoms with Gasteiger partial charge in [-0.05, 0) is 12.8 Å². The van der Waals surface area contributed by atoms with Gasteiger partial charge in [-0.25, -0.2) is 4.98 Å². The number of nitrogens with zero attached hydrogens (tertiary/aromatic N) is 4. The third kappa shape index (κ3) is 2.58. The Kier molecular flexibility index (Phi) is 3.81. The van der Waals surface area contributed by atoms with Crippen LogP contribution < -0.4 is 5.32 Å². The van der Waals surface area contributed by atoms with Crippen molar-refractivity contribution in [3.8, 4) is 10.6 Å². The van der Waals surface area contributed by atoms with Crippen LogP contribution in [0.2, 0.25) is 0 Å². The number of H-pyrrole nitrogens is 1. The lowest BCUT2D eigenvalue weighted by molar-refractivity contribution is -0.121. The van der Waals surface area contributed by atoms with Crippen LogP contribution in [-0.2, 0) is 10.2 Å². The first-order chi connectivity index (χ1) is 11.8. The van der Waals surface area contributed by atoms with Crippen molar-refractivity contribution in [2.75, 3.05) is 5.32 Å². The number of nitrogens with one attached hydrogen (secondary N) is 2. The number of aromatic nitrogens is 5. The second kappa shape index (κ2) is 6.12. The van der Waals surface area contributed by atoms with Gasteiger partial charge in [0.15, 0.2) is 5.82 Å². The highest BCUT2D eigenvalue weighted by atomic mass is 32.1. The number of thiazole rings is 1. The van der Waals surface area contributed by atoms with Crippen LogP contribution in [0, 0.1) is 0 Å². The molecule has 1 amide bonds. The largest absolute Gasteiger partial charge is 0.309 e. The second-order valence-electron chi connectivity index (χ2n) is 5.88. The quantitative estimate of drug-likeness (QED) is 0.761. The SMILES string of the molecule is O=C(Nc1csc(-c2ccccc2)n1)C1(c2nn[nH]n2)CCCC1. The second-order valence-corrected chi connectivity index (χ2v) is 6.74. The van der Waals surface area contributed by atoms with E-state index in [-0.39, 0.29) is 5.91 Å². The van der Waals surface area contributed by atoms with E-state index in [0.717, 1.165) is 36.3 Å². The Morgan fingerprint density at radius 3 is 2.71 bits per heavy atom. The number of carbonyl (C=O) groups excluding carboxylic acids is 1. The fourth-order valence-electron chi connectivity index (χ4n) is 3.18. The summed E-state index contributed by atoms with van der Waals surface area (Å²) in [6.07, 6.45) is 3.42. The summed E-state index contributed by atoms with van der Waals surface area (Å²) in [5.74, 6) is 0.931. The van der Waals surface area contributed by atoms with Gasteiger partial charge < -0.3 is 5.32 Å². The van der Waals surface area contributed by atoms with E-state index < -0.39 is 5.41 Å². The van der Waals surface area contributed by atoms with E-state index in [0.29, 0.717) is 11.6 Å². The molecule has 2 aromatic heterocycles. The molecular formula is C16H16N6OS. The summed E-state index contributed by atoms with van der Waals surface area (Å²) in [6.45, 7) is 0. The van der Waals surface area contributed by atoms with Crippen LogP contribution in [0.4, 0.5) is 5.82 Å². The molecule has 0 unspecified atom stereocenters. The molecule has 4 rings (SSSR count). The summed E-state index contributed by atoms with van der Waals surface area (Å²) in [6, 6.07) is 9.91. The lowest BCUT2D eigenvalue weighted by Gasteiger charge is -2.23. The lowest BCUT2D eigenvalue weighted by atomic mass is 9.84. The van der Waals surface area contributed by atoms with Gasteiger partial charge in [0.25, 0.3) is 0 Å². The van der Waals surface area contributed by atoms with Gasteiger partial charge in [0.1, 0.15) is 16.2 Å². The number of hydrogen-bond acceptors (Lipinski definition) is 6. The molecule has 0 saturated heterocycles. The number of tetrazole rings is 1. The molecule has 1 aromatic carbocycles. The topological polar surface area (TPSA) is 96.5 Å². The van der Waals surface area contributed by atoms with Gasteiger partial charge in [0, 0.05) is 10.9 Å². The van der Waals surface area contributed by atoms with Crippen LogP contribution in [0.3, 0.4) is 0 Å². The molecule has 2 N–H and O–H groups in total. The van der Waals surface area contributed by atoms with Crippen LogP contribution in [0.15, 0.2) is 35.7 Å². The van der Waals surface area contributed by atoms with E-state index in [4.69, 9.17) is 0 Å². The van der Waals surface area contributed by atoms with E-state index in [9.17, 15) is 4.79 Å². The van der Waals surface area contributed by atoms with Crippen molar-refractivity contribution >= 4 is 23.1 Å². The first-order valence-electron chi connectivity index (χ1n) is 7.84. The smallest absolute Gasteiger partial charge is 0.239 e. The molecule has 122 valence electrons. The Morgan fingerprint density at radius 1 is 1.21 bits per heavy atom. The van der Waals surface area contributed by atoms with Crippen molar-refractivity contribution in [1.82, 2.24) is 25.6 Å². The maximum absolute atomic E-state index is 12.9. The first kappa shape index (κ1) is 14.9. The predicted octanol–water partition coefficient (Wildman–Crippen LogP) is 2.77. The highest BCUT2D eigenvalue weighted by molar-refractivity contribution is 7.13. The van der Waals surface area contributed by atoms with E-state index in [1.165, 1.54) is 11.3 Å². The van der Waals surface area contributed by atoms with Gasteiger partial charge in [-0.2, -0.15) is 5.21 Å². The molecule has 0 atom stereocenters. The zero-order valence-corrected chi connectivity index (χ0v) is 13.7. The van der Waals surface area contributed by atoms with Crippen molar-refractivity contribution in [3.05, 3.63) is 41.5 Å². The average Bonchev–Trinajstić information content (AvgIpc) is 3.36. The zero-order valence-electron chi connectivity index (χ0n) is 12.9. The molecule has 0 radical (unpaired) electrons. The highest BCUT2D eigenvalue weighted by Crippen LogP contribution is 2.40. The molecule has 1 aliphatic carbocycles. The molecule has 0 bridgehead atoms. The van der Waals surface area contributed by atoms with E-state index in [1.54, 1.807) is 0 Å². The normalized spacial score (nSPS) is 16.2. The molecule has 1 aliphatic rings. The van der Waals surface area contributed by atoms with Crippen LogP contribution in [0.25, 0.3) is 10.6 Å². The van der Waals surface area contributed by atoms with Gasteiger partial charge in [0.05, 0.1) is 0 Å². The van der Waals surface area contributed by atoms with Crippen molar-refractivity contribution < 1.29 is 4.79 Å². The summed E-state index contributed by atoms with van der Waals surface area (Å²) >= 11 is 1.51. The van der Waals surface area contributed by atoms with Crippen LogP contribution in [0.5, 0.6) is 0 Å². The Labute approximate surface area is 142 Å². The summed E-state index contributed by atoms with van der Waals surface area (Å²) in [5.41, 5.74) is 0.334. The zero-order chi connectivity index (χ0) is 16.4. The monoisotopic (exact) mass is 340 g/mol. The molecule has 24 heavy (non-hydrogen) atoms. The molecule has 3 aromatic rings. The molecule has 2 heterocycles. The Balaban J connectivity index is 1.57. The predicted molar refractivity (Wildman–Crippen MR) is 90.5 cm³/mol. The number of amides is 1. The van der Waals surface area contributed by atoms with E-state index >= 15 is 0 Å². The minimum atomic E-state index is -0.705. The van der Waals surface area contributed by atoms with Crippen molar-refractivity contribution in [2.24, 2.45) is 0 Å². The Morgan fingerprint density at radius 2 is 2.00 bits per heavy atom. The van der Waals surface area contributed by atoms with Gasteiger partial charge in [-0.3, -0.25) is 4.79 Å². The fraction of sp³-hybridized carbons (Fsp3) is 0.312. The molecule has 8 heteroatoms. The van der Waals surface area contributed by atoms with Gasteiger partial charge >= 0.3 is 0 Å². The number of carbonyl (C=O) groups is 1. The third-order valence-electron chi connectivity index (χ3n) is 4.43. The number of hydrogen-bond donors (Lipinski definition) is 2. The minimum absolute atomic E-state index is 0.105.